The van der Waals surface area contributed by atoms with Gasteiger partial charge in [-0.15, -0.1) is 0 Å². The second-order valence-electron chi connectivity index (χ2n) is 7.54. The summed E-state index contributed by atoms with van der Waals surface area (Å²) in [4.78, 5) is 14.1. The van der Waals surface area contributed by atoms with Crippen LogP contribution in [0.3, 0.4) is 0 Å². The molecule has 0 spiro atoms. The second kappa shape index (κ2) is 7.77. The molecule has 2 fully saturated rings. The fraction of sp³-hybridized carbons (Fsp3) is 0.650. The third-order valence-corrected chi connectivity index (χ3v) is 5.75. The molecule has 2 aliphatic rings. The van der Waals surface area contributed by atoms with Crippen molar-refractivity contribution in [3.63, 3.8) is 0 Å². The Bertz CT molecular complexity index is 549. The average Bonchev–Trinajstić information content (AvgIpc) is 2.58. The van der Waals surface area contributed by atoms with E-state index in [-0.39, 0.29) is 17.8 Å². The third kappa shape index (κ3) is 4.24. The highest BCUT2D eigenvalue weighted by atomic mass is 16.3. The molecule has 0 amide bonds. The lowest BCUT2D eigenvalue weighted by atomic mass is 9.75. The Hall–Kier alpha value is -1.23. The van der Waals surface area contributed by atoms with Gasteiger partial charge in [0, 0.05) is 25.6 Å². The van der Waals surface area contributed by atoms with Gasteiger partial charge in [-0.3, -0.25) is 9.69 Å². The number of carbonyl (C=O) groups excluding carboxylic acids is 1. The molecule has 1 saturated carbocycles. The molecule has 132 valence electrons. The van der Waals surface area contributed by atoms with Crippen molar-refractivity contribution < 1.29 is 15.0 Å². The molecule has 3 unspecified atom stereocenters. The molecular weight excluding hydrogens is 302 g/mol. The Morgan fingerprint density at radius 2 is 1.75 bits per heavy atom. The fourth-order valence-corrected chi connectivity index (χ4v) is 4.13. The first-order chi connectivity index (χ1) is 11.5. The average molecular weight is 331 g/mol. The van der Waals surface area contributed by atoms with Crippen molar-refractivity contribution in [2.75, 3.05) is 13.1 Å². The van der Waals surface area contributed by atoms with Crippen molar-refractivity contribution in [2.24, 2.45) is 5.92 Å². The molecule has 4 nitrogen and oxygen atoms in total. The molecule has 3 rings (SSSR count). The SMILES string of the molecule is CC(=O)C1CC(c2ccc(CN3CCC(O)CC3)cc2)CCC1O. The number of aliphatic hydroxyl groups is 2. The maximum absolute atomic E-state index is 11.7. The van der Waals surface area contributed by atoms with E-state index in [0.29, 0.717) is 12.3 Å². The Kier molecular flexibility index (Phi) is 5.69. The number of nitrogens with zero attached hydrogens (tertiary/aromatic N) is 1. The summed E-state index contributed by atoms with van der Waals surface area (Å²) in [6, 6.07) is 8.75. The maximum Gasteiger partial charge on any atom is 0.135 e. The molecule has 1 aromatic carbocycles. The highest BCUT2D eigenvalue weighted by molar-refractivity contribution is 5.79. The van der Waals surface area contributed by atoms with Crippen LogP contribution in [0.1, 0.15) is 56.1 Å². The Labute approximate surface area is 144 Å². The molecule has 0 bridgehead atoms. The minimum Gasteiger partial charge on any atom is -0.393 e. The van der Waals surface area contributed by atoms with Crippen LogP contribution < -0.4 is 0 Å². The lowest BCUT2D eigenvalue weighted by molar-refractivity contribution is -0.126. The summed E-state index contributed by atoms with van der Waals surface area (Å²) in [5, 5.41) is 19.6. The van der Waals surface area contributed by atoms with E-state index in [1.807, 2.05) is 0 Å². The van der Waals surface area contributed by atoms with Crippen LogP contribution in [0.15, 0.2) is 24.3 Å². The fourth-order valence-electron chi connectivity index (χ4n) is 4.13. The first-order valence-corrected chi connectivity index (χ1v) is 9.20. The van der Waals surface area contributed by atoms with E-state index in [4.69, 9.17) is 0 Å². The van der Waals surface area contributed by atoms with Gasteiger partial charge in [0.25, 0.3) is 0 Å². The van der Waals surface area contributed by atoms with Crippen molar-refractivity contribution in [2.45, 2.75) is 63.7 Å². The highest BCUT2D eigenvalue weighted by Gasteiger charge is 2.32. The van der Waals surface area contributed by atoms with Crippen LogP contribution in [0.25, 0.3) is 0 Å². The first kappa shape index (κ1) is 17.6. The van der Waals surface area contributed by atoms with Crippen molar-refractivity contribution in [3.8, 4) is 0 Å². The number of benzene rings is 1. The Balaban J connectivity index is 1.59. The summed E-state index contributed by atoms with van der Waals surface area (Å²) in [7, 11) is 0. The summed E-state index contributed by atoms with van der Waals surface area (Å²) < 4.78 is 0. The molecular formula is C20H29NO3. The summed E-state index contributed by atoms with van der Waals surface area (Å²) in [6.45, 7) is 4.45. The highest BCUT2D eigenvalue weighted by Crippen LogP contribution is 2.37. The van der Waals surface area contributed by atoms with Gasteiger partial charge in [-0.2, -0.15) is 0 Å². The van der Waals surface area contributed by atoms with Crippen LogP contribution in [0, 0.1) is 5.92 Å². The zero-order valence-electron chi connectivity index (χ0n) is 14.5. The predicted octanol–water partition coefficient (Wildman–Crippen LogP) is 2.48. The van der Waals surface area contributed by atoms with Crippen LogP contribution in [0.2, 0.25) is 0 Å². The number of rotatable bonds is 4. The van der Waals surface area contributed by atoms with E-state index in [1.165, 1.54) is 11.1 Å². The molecule has 1 aliphatic carbocycles. The van der Waals surface area contributed by atoms with Crippen molar-refractivity contribution >= 4 is 5.78 Å². The van der Waals surface area contributed by atoms with Crippen molar-refractivity contribution in [1.29, 1.82) is 0 Å². The van der Waals surface area contributed by atoms with E-state index in [1.54, 1.807) is 6.92 Å². The number of piperidine rings is 1. The predicted molar refractivity (Wildman–Crippen MR) is 93.7 cm³/mol. The lowest BCUT2D eigenvalue weighted by Gasteiger charge is -2.32. The van der Waals surface area contributed by atoms with Gasteiger partial charge < -0.3 is 10.2 Å². The number of hydrogen-bond acceptors (Lipinski definition) is 4. The lowest BCUT2D eigenvalue weighted by Crippen LogP contribution is -2.35. The second-order valence-corrected chi connectivity index (χ2v) is 7.54. The van der Waals surface area contributed by atoms with Crippen LogP contribution in [0.4, 0.5) is 0 Å². The number of Topliss-reactive ketones (excluding diaryl/α,β-unsaturated/α-hetero) is 1. The van der Waals surface area contributed by atoms with Gasteiger partial charge in [-0.25, -0.2) is 0 Å². The molecule has 4 heteroatoms. The number of aliphatic hydroxyl groups excluding tert-OH is 2. The smallest absolute Gasteiger partial charge is 0.135 e. The maximum atomic E-state index is 11.7. The topological polar surface area (TPSA) is 60.8 Å². The van der Waals surface area contributed by atoms with Crippen LogP contribution in [-0.4, -0.2) is 46.2 Å². The molecule has 2 N–H and O–H groups in total. The van der Waals surface area contributed by atoms with Gasteiger partial charge in [0.05, 0.1) is 12.2 Å². The minimum atomic E-state index is -0.465. The number of hydrogen-bond donors (Lipinski definition) is 2. The number of carbonyl (C=O) groups is 1. The molecule has 0 aromatic heterocycles. The van der Waals surface area contributed by atoms with Gasteiger partial charge in [0.2, 0.25) is 0 Å². The summed E-state index contributed by atoms with van der Waals surface area (Å²) >= 11 is 0. The standard InChI is InChI=1S/C20H29NO3/c1-14(22)19-12-17(6-7-20(19)24)16-4-2-15(3-5-16)13-21-10-8-18(23)9-11-21/h2-5,17-20,23-24H,6-13H2,1H3. The summed E-state index contributed by atoms with van der Waals surface area (Å²) in [6.07, 6.45) is 3.58. The van der Waals surface area contributed by atoms with Crippen LogP contribution in [-0.2, 0) is 11.3 Å². The molecule has 1 heterocycles. The van der Waals surface area contributed by atoms with Crippen LogP contribution >= 0.6 is 0 Å². The van der Waals surface area contributed by atoms with E-state index in [2.05, 4.69) is 29.2 Å². The van der Waals surface area contributed by atoms with E-state index in [0.717, 1.165) is 45.3 Å². The summed E-state index contributed by atoms with van der Waals surface area (Å²) in [5.74, 6) is 0.279. The quantitative estimate of drug-likeness (QED) is 0.890. The monoisotopic (exact) mass is 331 g/mol. The largest absolute Gasteiger partial charge is 0.393 e. The van der Waals surface area contributed by atoms with Gasteiger partial charge in [-0.05, 0) is 56.1 Å². The Morgan fingerprint density at radius 1 is 1.08 bits per heavy atom. The van der Waals surface area contributed by atoms with Gasteiger partial charge in [0.15, 0.2) is 0 Å². The zero-order chi connectivity index (χ0) is 17.1. The molecule has 3 atom stereocenters. The molecule has 0 radical (unpaired) electrons. The number of likely N-dealkylation sites (tertiary alicyclic amines) is 1. The summed E-state index contributed by atoms with van der Waals surface area (Å²) in [5.41, 5.74) is 2.58. The first-order valence-electron chi connectivity index (χ1n) is 9.20. The van der Waals surface area contributed by atoms with Gasteiger partial charge >= 0.3 is 0 Å². The third-order valence-electron chi connectivity index (χ3n) is 5.75. The zero-order valence-corrected chi connectivity index (χ0v) is 14.5. The van der Waals surface area contributed by atoms with E-state index < -0.39 is 6.10 Å². The molecule has 1 saturated heterocycles. The molecule has 1 aliphatic heterocycles. The molecule has 1 aromatic rings. The van der Waals surface area contributed by atoms with E-state index >= 15 is 0 Å². The van der Waals surface area contributed by atoms with Crippen molar-refractivity contribution in [3.05, 3.63) is 35.4 Å². The molecule has 24 heavy (non-hydrogen) atoms. The van der Waals surface area contributed by atoms with Crippen molar-refractivity contribution in [1.82, 2.24) is 4.90 Å². The van der Waals surface area contributed by atoms with E-state index in [9.17, 15) is 15.0 Å². The minimum absolute atomic E-state index is 0.108. The van der Waals surface area contributed by atoms with Crippen LogP contribution in [0.5, 0.6) is 0 Å². The van der Waals surface area contributed by atoms with Gasteiger partial charge in [0.1, 0.15) is 5.78 Å². The van der Waals surface area contributed by atoms with Gasteiger partial charge in [-0.1, -0.05) is 24.3 Å². The number of ketones is 1. The Morgan fingerprint density at radius 3 is 2.38 bits per heavy atom. The normalized spacial score (nSPS) is 29.5.